The summed E-state index contributed by atoms with van der Waals surface area (Å²) in [4.78, 5) is 9.65. The molecule has 0 aliphatic carbocycles. The molecule has 0 saturated heterocycles. The van der Waals surface area contributed by atoms with Gasteiger partial charge in [-0.15, -0.1) is 0 Å². The second-order valence-electron chi connectivity index (χ2n) is 1.26. The smallest absolute Gasteiger partial charge is 0.314 e. The summed E-state index contributed by atoms with van der Waals surface area (Å²) in [5, 5.41) is 11.4. The van der Waals surface area contributed by atoms with E-state index in [9.17, 15) is 9.90 Å². The van der Waals surface area contributed by atoms with Crippen LogP contribution in [0.3, 0.4) is 0 Å². The third-order valence-corrected chi connectivity index (χ3v) is 0.834. The quantitative estimate of drug-likeness (QED) is 0.627. The maximum Gasteiger partial charge on any atom is 0.450 e. The Labute approximate surface area is 66.9 Å². The van der Waals surface area contributed by atoms with Crippen LogP contribution in [0.1, 0.15) is 0 Å². The second-order valence-corrected chi connectivity index (χ2v) is 3.77. The largest absolute Gasteiger partial charge is 0.450 e. The number of carbonyl (C=O) groups excluding carboxylic acids is 1. The van der Waals surface area contributed by atoms with Crippen LogP contribution in [0.2, 0.25) is 0 Å². The maximum absolute atomic E-state index is 9.65. The van der Waals surface area contributed by atoms with Crippen LogP contribution < -0.4 is 5.32 Å². The summed E-state index contributed by atoms with van der Waals surface area (Å²) in [6, 6.07) is 0. The third kappa shape index (κ3) is 8.14. The van der Waals surface area contributed by atoms with Gasteiger partial charge in [0.25, 0.3) is 0 Å². The second kappa shape index (κ2) is 3.34. The van der Waals surface area contributed by atoms with Crippen molar-refractivity contribution in [2.75, 3.05) is 6.54 Å². The summed E-state index contributed by atoms with van der Waals surface area (Å²) in [6.07, 6.45) is -1.46. The summed E-state index contributed by atoms with van der Waals surface area (Å²) >= 11 is 15.5. The van der Waals surface area contributed by atoms with Crippen molar-refractivity contribution in [2.45, 2.75) is 3.79 Å². The van der Waals surface area contributed by atoms with E-state index in [0.29, 0.717) is 0 Å². The number of carbonyl (C=O) groups is 1. The van der Waals surface area contributed by atoms with Crippen molar-refractivity contribution in [1.29, 1.82) is 0 Å². The van der Waals surface area contributed by atoms with Crippen LogP contribution in [0.4, 0.5) is 4.79 Å². The molecular formula is C3H3Cl3NO2. The summed E-state index contributed by atoms with van der Waals surface area (Å²) in [7, 11) is 0. The molecule has 9 heavy (non-hydrogen) atoms. The zero-order chi connectivity index (χ0) is 7.49. The zero-order valence-corrected chi connectivity index (χ0v) is 6.43. The third-order valence-electron chi connectivity index (χ3n) is 0.433. The number of halogens is 3. The fraction of sp³-hybridized carbons (Fsp3) is 0.667. The van der Waals surface area contributed by atoms with Crippen LogP contribution in [-0.4, -0.2) is 16.4 Å². The predicted molar refractivity (Wildman–Crippen MR) is 34.4 cm³/mol. The molecule has 0 heterocycles. The fourth-order valence-corrected chi connectivity index (χ4v) is 0.373. The minimum absolute atomic E-state index is 0.264. The summed E-state index contributed by atoms with van der Waals surface area (Å²) in [5.74, 6) is 0. The summed E-state index contributed by atoms with van der Waals surface area (Å²) < 4.78 is -1.58. The number of nitrogens with one attached hydrogen (secondary N) is 1. The Kier molecular flexibility index (Phi) is 3.40. The first-order chi connectivity index (χ1) is 3.92. The van der Waals surface area contributed by atoms with E-state index < -0.39 is 9.89 Å². The average Bonchev–Trinajstić information content (AvgIpc) is 1.59. The van der Waals surface area contributed by atoms with Gasteiger partial charge in [-0.25, -0.2) is 9.90 Å². The normalized spacial score (nSPS) is 11.0. The predicted octanol–water partition coefficient (Wildman–Crippen LogP) is 1.50. The monoisotopic (exact) mass is 190 g/mol. The number of hydrogen-bond donors (Lipinski definition) is 1. The van der Waals surface area contributed by atoms with Gasteiger partial charge in [-0.05, 0) is 0 Å². The molecule has 0 aliphatic heterocycles. The molecular weight excluding hydrogens is 188 g/mol. The lowest BCUT2D eigenvalue weighted by Gasteiger charge is -2.07. The van der Waals surface area contributed by atoms with Gasteiger partial charge in [0.05, 0.1) is 6.54 Å². The summed E-state index contributed by atoms with van der Waals surface area (Å²) in [6.45, 7) is -0.264. The van der Waals surface area contributed by atoms with E-state index in [2.05, 4.69) is 0 Å². The molecule has 0 aromatic carbocycles. The first kappa shape index (κ1) is 9.14. The topological polar surface area (TPSA) is 49.0 Å². The highest BCUT2D eigenvalue weighted by molar-refractivity contribution is 6.67. The molecule has 0 unspecified atom stereocenters. The number of amides is 1. The lowest BCUT2D eigenvalue weighted by Crippen LogP contribution is -2.29. The molecule has 53 valence electrons. The number of rotatable bonds is 1. The van der Waals surface area contributed by atoms with E-state index in [4.69, 9.17) is 34.8 Å². The Bertz CT molecular complexity index is 110. The van der Waals surface area contributed by atoms with Gasteiger partial charge in [0.15, 0.2) is 0 Å². The van der Waals surface area contributed by atoms with Gasteiger partial charge in [-0.3, -0.25) is 0 Å². The van der Waals surface area contributed by atoms with Crippen LogP contribution in [0.15, 0.2) is 0 Å². The van der Waals surface area contributed by atoms with Crippen LogP contribution in [-0.2, 0) is 5.11 Å². The molecule has 0 saturated carbocycles. The fourth-order valence-electron chi connectivity index (χ4n) is 0.172. The Hall–Kier alpha value is 0.140. The molecule has 0 aromatic heterocycles. The van der Waals surface area contributed by atoms with Gasteiger partial charge in [0.2, 0.25) is 3.79 Å². The van der Waals surface area contributed by atoms with Gasteiger partial charge >= 0.3 is 6.09 Å². The van der Waals surface area contributed by atoms with E-state index >= 15 is 0 Å². The van der Waals surface area contributed by atoms with Crippen molar-refractivity contribution in [3.05, 3.63) is 0 Å². The average molecular weight is 191 g/mol. The SMILES string of the molecule is [O]C(=O)NCC(Cl)(Cl)Cl. The standard InChI is InChI=1S/C3H3Cl3NO2/c4-3(5,6)1-7-2(8)9/h7H,1H2. The van der Waals surface area contributed by atoms with E-state index in [0.717, 1.165) is 0 Å². The molecule has 0 fully saturated rings. The van der Waals surface area contributed by atoms with Crippen molar-refractivity contribution in [2.24, 2.45) is 0 Å². The molecule has 1 radical (unpaired) electrons. The summed E-state index contributed by atoms with van der Waals surface area (Å²) in [5.41, 5.74) is 0. The van der Waals surface area contributed by atoms with Gasteiger partial charge < -0.3 is 5.32 Å². The highest BCUT2D eigenvalue weighted by atomic mass is 35.6. The van der Waals surface area contributed by atoms with Crippen molar-refractivity contribution in [3.63, 3.8) is 0 Å². The number of hydrogen-bond acceptors (Lipinski definition) is 1. The molecule has 0 rings (SSSR count). The van der Waals surface area contributed by atoms with Crippen molar-refractivity contribution in [1.82, 2.24) is 5.32 Å². The van der Waals surface area contributed by atoms with E-state index in [-0.39, 0.29) is 6.54 Å². The van der Waals surface area contributed by atoms with E-state index in [1.54, 1.807) is 5.32 Å². The van der Waals surface area contributed by atoms with Gasteiger partial charge in [-0.2, -0.15) is 0 Å². The van der Waals surface area contributed by atoms with Gasteiger partial charge in [0, 0.05) is 0 Å². The molecule has 0 bridgehead atoms. The molecule has 0 aromatic rings. The molecule has 0 spiro atoms. The van der Waals surface area contributed by atoms with E-state index in [1.807, 2.05) is 0 Å². The maximum atomic E-state index is 9.65. The van der Waals surface area contributed by atoms with Crippen LogP contribution in [0, 0.1) is 0 Å². The zero-order valence-electron chi connectivity index (χ0n) is 4.16. The molecule has 0 aliphatic rings. The Morgan fingerprint density at radius 2 is 1.89 bits per heavy atom. The first-order valence-corrected chi connectivity index (χ1v) is 3.07. The van der Waals surface area contributed by atoms with E-state index in [1.165, 1.54) is 0 Å². The lowest BCUT2D eigenvalue weighted by molar-refractivity contribution is 0.169. The van der Waals surface area contributed by atoms with Crippen LogP contribution in [0.25, 0.3) is 0 Å². The number of alkyl halides is 3. The Balaban J connectivity index is 3.39. The van der Waals surface area contributed by atoms with Gasteiger partial charge in [0.1, 0.15) is 0 Å². The molecule has 1 N–H and O–H groups in total. The molecule has 3 nitrogen and oxygen atoms in total. The van der Waals surface area contributed by atoms with Crippen molar-refractivity contribution < 1.29 is 9.90 Å². The molecule has 1 amide bonds. The Morgan fingerprint density at radius 3 is 2.00 bits per heavy atom. The van der Waals surface area contributed by atoms with Crippen LogP contribution >= 0.6 is 34.8 Å². The highest BCUT2D eigenvalue weighted by Gasteiger charge is 2.20. The molecule has 0 atom stereocenters. The highest BCUT2D eigenvalue weighted by Crippen LogP contribution is 2.24. The lowest BCUT2D eigenvalue weighted by atomic mass is 10.7. The first-order valence-electron chi connectivity index (χ1n) is 1.93. The van der Waals surface area contributed by atoms with Gasteiger partial charge in [-0.1, -0.05) is 34.8 Å². The minimum Gasteiger partial charge on any atom is -0.314 e. The van der Waals surface area contributed by atoms with Crippen molar-refractivity contribution in [3.8, 4) is 0 Å². The van der Waals surface area contributed by atoms with Crippen molar-refractivity contribution >= 4 is 40.9 Å². The molecule has 6 heteroatoms. The Morgan fingerprint density at radius 1 is 1.44 bits per heavy atom. The minimum atomic E-state index is -1.58. The van der Waals surface area contributed by atoms with Crippen LogP contribution in [0.5, 0.6) is 0 Å².